The number of nitrogens with one attached hydrogen (secondary N) is 1. The number of carbonyl (C=O) groups is 1. The normalized spacial score (nSPS) is 19.7. The van der Waals surface area contributed by atoms with Crippen LogP contribution in [0.15, 0.2) is 48.7 Å². The van der Waals surface area contributed by atoms with Gasteiger partial charge in [-0.2, -0.15) is 0 Å². The second-order valence-electron chi connectivity index (χ2n) is 6.29. The molecule has 1 aliphatic carbocycles. The van der Waals surface area contributed by atoms with Gasteiger partial charge in [0, 0.05) is 12.3 Å². The summed E-state index contributed by atoms with van der Waals surface area (Å²) in [6, 6.07) is 12.0. The Morgan fingerprint density at radius 2 is 2.15 bits per heavy atom. The Hall–Kier alpha value is -2.37. The van der Waals surface area contributed by atoms with Crippen LogP contribution in [0.2, 0.25) is 5.02 Å². The third-order valence-corrected chi connectivity index (χ3v) is 4.65. The van der Waals surface area contributed by atoms with Gasteiger partial charge in [-0.25, -0.2) is 9.78 Å². The van der Waals surface area contributed by atoms with E-state index < -0.39 is 5.97 Å². The third-order valence-electron chi connectivity index (χ3n) is 4.36. The standard InChI is InChI=1S/C20H21ClN2O3/c21-16-11-15(9-10-19(24)25)12-22-20(16)23-17-7-4-8-18(17)26-13-14-5-2-1-3-6-14/h1-3,5-6,9-12,17-18H,4,7-8,13H2,(H,22,23)(H,24,25)/t17-,18-/m1/s1. The molecular formula is C20H21ClN2O3. The van der Waals surface area contributed by atoms with Crippen molar-refractivity contribution in [1.82, 2.24) is 4.98 Å². The zero-order valence-corrected chi connectivity index (χ0v) is 15.0. The van der Waals surface area contributed by atoms with Crippen LogP contribution in [0.4, 0.5) is 5.82 Å². The summed E-state index contributed by atoms with van der Waals surface area (Å²) in [5.74, 6) is -0.410. The van der Waals surface area contributed by atoms with Gasteiger partial charge in [0.05, 0.1) is 23.8 Å². The Balaban J connectivity index is 1.61. The average molecular weight is 373 g/mol. The maximum Gasteiger partial charge on any atom is 0.328 e. The Bertz CT molecular complexity index is 780. The molecule has 1 aromatic heterocycles. The van der Waals surface area contributed by atoms with Gasteiger partial charge >= 0.3 is 5.97 Å². The molecule has 3 rings (SSSR count). The summed E-state index contributed by atoms with van der Waals surface area (Å²) < 4.78 is 6.09. The molecule has 5 nitrogen and oxygen atoms in total. The number of carboxylic acids is 1. The van der Waals surface area contributed by atoms with Gasteiger partial charge in [-0.1, -0.05) is 41.9 Å². The number of benzene rings is 1. The zero-order chi connectivity index (χ0) is 18.4. The van der Waals surface area contributed by atoms with E-state index in [1.54, 1.807) is 12.3 Å². The summed E-state index contributed by atoms with van der Waals surface area (Å²) in [5.41, 5.74) is 1.80. The van der Waals surface area contributed by atoms with Crippen LogP contribution in [0, 0.1) is 0 Å². The number of carboxylic acid groups (broad SMARTS) is 1. The number of hydrogen-bond donors (Lipinski definition) is 2. The molecule has 0 radical (unpaired) electrons. The lowest BCUT2D eigenvalue weighted by atomic mass is 10.2. The first-order chi connectivity index (χ1) is 12.6. The Labute approximate surface area is 157 Å². The molecule has 136 valence electrons. The monoisotopic (exact) mass is 372 g/mol. The van der Waals surface area contributed by atoms with Crippen LogP contribution in [0.1, 0.15) is 30.4 Å². The van der Waals surface area contributed by atoms with E-state index in [4.69, 9.17) is 21.4 Å². The number of ether oxygens (including phenoxy) is 1. The molecule has 0 saturated heterocycles. The van der Waals surface area contributed by atoms with Gasteiger partial charge in [0.15, 0.2) is 0 Å². The number of aromatic nitrogens is 1. The first-order valence-electron chi connectivity index (χ1n) is 8.60. The quantitative estimate of drug-likeness (QED) is 0.705. The Morgan fingerprint density at radius 3 is 2.88 bits per heavy atom. The van der Waals surface area contributed by atoms with E-state index in [-0.39, 0.29) is 12.1 Å². The summed E-state index contributed by atoms with van der Waals surface area (Å²) in [6.45, 7) is 0.587. The van der Waals surface area contributed by atoms with Gasteiger partial charge in [0.1, 0.15) is 5.82 Å². The molecule has 0 unspecified atom stereocenters. The van der Waals surface area contributed by atoms with Crippen LogP contribution in [-0.4, -0.2) is 28.2 Å². The molecule has 26 heavy (non-hydrogen) atoms. The molecule has 2 atom stereocenters. The lowest BCUT2D eigenvalue weighted by molar-refractivity contribution is -0.131. The second kappa shape index (κ2) is 8.83. The molecule has 0 aliphatic heterocycles. The van der Waals surface area contributed by atoms with Crippen molar-refractivity contribution < 1.29 is 14.6 Å². The smallest absolute Gasteiger partial charge is 0.328 e. The van der Waals surface area contributed by atoms with Crippen molar-refractivity contribution in [3.63, 3.8) is 0 Å². The van der Waals surface area contributed by atoms with Crippen LogP contribution in [0.5, 0.6) is 0 Å². The topological polar surface area (TPSA) is 71.5 Å². The van der Waals surface area contributed by atoms with Crippen molar-refractivity contribution in [2.45, 2.75) is 38.0 Å². The Morgan fingerprint density at radius 1 is 1.35 bits per heavy atom. The van der Waals surface area contributed by atoms with Crippen molar-refractivity contribution in [3.8, 4) is 0 Å². The maximum absolute atomic E-state index is 10.6. The third kappa shape index (κ3) is 5.07. The van der Waals surface area contributed by atoms with E-state index in [0.29, 0.717) is 23.0 Å². The van der Waals surface area contributed by atoms with E-state index in [1.807, 2.05) is 18.2 Å². The SMILES string of the molecule is O=C(O)C=Cc1cnc(N[C@@H]2CCC[C@H]2OCc2ccccc2)c(Cl)c1. The minimum atomic E-state index is -1.01. The van der Waals surface area contributed by atoms with Crippen molar-refractivity contribution >= 4 is 29.5 Å². The molecule has 6 heteroatoms. The highest BCUT2D eigenvalue weighted by molar-refractivity contribution is 6.33. The van der Waals surface area contributed by atoms with E-state index in [0.717, 1.165) is 30.9 Å². The first kappa shape index (κ1) is 18.4. The number of hydrogen-bond acceptors (Lipinski definition) is 4. The fourth-order valence-electron chi connectivity index (χ4n) is 3.06. The molecule has 2 aromatic rings. The van der Waals surface area contributed by atoms with Crippen LogP contribution >= 0.6 is 11.6 Å². The fraction of sp³-hybridized carbons (Fsp3) is 0.300. The van der Waals surface area contributed by atoms with Crippen LogP contribution in [-0.2, 0) is 16.1 Å². The fourth-order valence-corrected chi connectivity index (χ4v) is 3.29. The second-order valence-corrected chi connectivity index (χ2v) is 6.69. The van der Waals surface area contributed by atoms with Gasteiger partial charge in [-0.3, -0.25) is 0 Å². The summed E-state index contributed by atoms with van der Waals surface area (Å²) in [6.07, 6.45) is 7.33. The molecular weight excluding hydrogens is 352 g/mol. The number of pyridine rings is 1. The molecule has 2 N–H and O–H groups in total. The number of anilines is 1. The lowest BCUT2D eigenvalue weighted by Crippen LogP contribution is -2.31. The largest absolute Gasteiger partial charge is 0.478 e. The summed E-state index contributed by atoms with van der Waals surface area (Å²) >= 11 is 6.30. The van der Waals surface area contributed by atoms with Crippen molar-refractivity contribution in [2.24, 2.45) is 0 Å². The predicted octanol–water partition coefficient (Wildman–Crippen LogP) is 4.38. The first-order valence-corrected chi connectivity index (χ1v) is 8.98. The summed E-state index contributed by atoms with van der Waals surface area (Å²) in [4.78, 5) is 14.9. The van der Waals surface area contributed by atoms with E-state index in [9.17, 15) is 4.79 Å². The molecule has 1 aromatic carbocycles. The summed E-state index contributed by atoms with van der Waals surface area (Å²) in [7, 11) is 0. The minimum absolute atomic E-state index is 0.111. The highest BCUT2D eigenvalue weighted by Gasteiger charge is 2.28. The van der Waals surface area contributed by atoms with Gasteiger partial charge in [0.2, 0.25) is 0 Å². The van der Waals surface area contributed by atoms with Crippen molar-refractivity contribution in [1.29, 1.82) is 0 Å². The predicted molar refractivity (Wildman–Crippen MR) is 102 cm³/mol. The lowest BCUT2D eigenvalue weighted by Gasteiger charge is -2.22. The van der Waals surface area contributed by atoms with Gasteiger partial charge in [-0.15, -0.1) is 0 Å². The highest BCUT2D eigenvalue weighted by atomic mass is 35.5. The van der Waals surface area contributed by atoms with Gasteiger partial charge in [-0.05, 0) is 42.5 Å². The minimum Gasteiger partial charge on any atom is -0.478 e. The molecule has 0 spiro atoms. The van der Waals surface area contributed by atoms with E-state index in [2.05, 4.69) is 22.4 Å². The molecule has 1 aliphatic rings. The Kier molecular flexibility index (Phi) is 6.26. The average Bonchev–Trinajstić information content (AvgIpc) is 3.08. The molecule has 0 amide bonds. The highest BCUT2D eigenvalue weighted by Crippen LogP contribution is 2.29. The number of nitrogens with zero attached hydrogens (tertiary/aromatic N) is 1. The van der Waals surface area contributed by atoms with Crippen molar-refractivity contribution in [2.75, 3.05) is 5.32 Å². The van der Waals surface area contributed by atoms with E-state index >= 15 is 0 Å². The summed E-state index contributed by atoms with van der Waals surface area (Å²) in [5, 5.41) is 12.5. The van der Waals surface area contributed by atoms with E-state index in [1.165, 1.54) is 6.08 Å². The molecule has 1 fully saturated rings. The number of rotatable bonds is 7. The van der Waals surface area contributed by atoms with Crippen LogP contribution in [0.25, 0.3) is 6.08 Å². The van der Waals surface area contributed by atoms with Gasteiger partial charge in [0.25, 0.3) is 0 Å². The van der Waals surface area contributed by atoms with Crippen LogP contribution < -0.4 is 5.32 Å². The molecule has 1 saturated carbocycles. The molecule has 0 bridgehead atoms. The zero-order valence-electron chi connectivity index (χ0n) is 14.3. The maximum atomic E-state index is 10.6. The number of halogens is 1. The van der Waals surface area contributed by atoms with Gasteiger partial charge < -0.3 is 15.2 Å². The number of aliphatic carboxylic acids is 1. The van der Waals surface area contributed by atoms with Crippen molar-refractivity contribution in [3.05, 3.63) is 64.8 Å². The molecule has 1 heterocycles. The van der Waals surface area contributed by atoms with Crippen LogP contribution in [0.3, 0.4) is 0 Å².